The number of Topliss-reactive ketones (excluding diaryl/α,β-unsaturated/α-hetero) is 1. The molecule has 0 radical (unpaired) electrons. The lowest BCUT2D eigenvalue weighted by atomic mass is 9.82. The molecule has 2 aliphatic rings. The molecular formula is C43H49N8O12P. The lowest BCUT2D eigenvalue weighted by Gasteiger charge is -2.31. The highest BCUT2D eigenvalue weighted by Crippen LogP contribution is 2.44. The van der Waals surface area contributed by atoms with Crippen molar-refractivity contribution in [2.75, 3.05) is 30.5 Å². The summed E-state index contributed by atoms with van der Waals surface area (Å²) in [5, 5.41) is 26.3. The molecule has 0 saturated carbocycles. The van der Waals surface area contributed by atoms with Gasteiger partial charge < -0.3 is 29.9 Å². The van der Waals surface area contributed by atoms with Gasteiger partial charge >= 0.3 is 19.5 Å². The minimum atomic E-state index is -3.15. The fourth-order valence-corrected chi connectivity index (χ4v) is 8.81. The van der Waals surface area contributed by atoms with Crippen molar-refractivity contribution in [1.82, 2.24) is 30.2 Å². The van der Waals surface area contributed by atoms with Crippen molar-refractivity contribution < 1.29 is 52.6 Å². The minimum absolute atomic E-state index is 0.0768. The zero-order valence-corrected chi connectivity index (χ0v) is 36.0. The van der Waals surface area contributed by atoms with Gasteiger partial charge in [-0.05, 0) is 62.1 Å². The van der Waals surface area contributed by atoms with Crippen LogP contribution in [0.3, 0.4) is 0 Å². The van der Waals surface area contributed by atoms with E-state index in [0.717, 1.165) is 5.56 Å². The smallest absolute Gasteiger partial charge is 0.327 e. The van der Waals surface area contributed by atoms with Crippen LogP contribution in [0, 0.1) is 11.8 Å². The molecule has 2 bridgehead atoms. The van der Waals surface area contributed by atoms with E-state index in [1.807, 2.05) is 35.2 Å². The number of H-pyrrole nitrogens is 1. The SMILES string of the molecule is CCOP(C)(=O)OCCCCCC(=O)C1C(C(=O)Nc2nc3ncc(CNc4ccc(C(=O)N[C@H](CCC(=O)O)C(=O)O)cc4)nc3c(=O)[nH]2)[C@H]2C(=O)C=C[C@@H]1N2Cc1ccccc1. The van der Waals surface area contributed by atoms with Gasteiger partial charge in [-0.1, -0.05) is 42.8 Å². The zero-order chi connectivity index (χ0) is 46.0. The molecule has 6 N–H and O–H groups in total. The molecule has 0 aliphatic carbocycles. The molecule has 2 aromatic heterocycles. The Morgan fingerprint density at radius 3 is 2.39 bits per heavy atom. The molecule has 6 atom stereocenters. The molecule has 2 aliphatic heterocycles. The van der Waals surface area contributed by atoms with Gasteiger partial charge in [0, 0.05) is 43.3 Å². The van der Waals surface area contributed by atoms with Crippen LogP contribution in [0.2, 0.25) is 0 Å². The summed E-state index contributed by atoms with van der Waals surface area (Å²) in [5.41, 5.74) is 1.02. The first-order valence-corrected chi connectivity index (χ1v) is 22.7. The van der Waals surface area contributed by atoms with Crippen LogP contribution in [-0.4, -0.2) is 108 Å². The fourth-order valence-electron chi connectivity index (χ4n) is 7.81. The number of fused-ring (bicyclic) bond motifs is 3. The number of anilines is 2. The number of amides is 2. The number of carbonyl (C=O) groups excluding carboxylic acids is 4. The lowest BCUT2D eigenvalue weighted by molar-refractivity contribution is -0.140. The third-order valence-electron chi connectivity index (χ3n) is 10.8. The maximum Gasteiger partial charge on any atom is 0.327 e. The second-order valence-corrected chi connectivity index (χ2v) is 17.4. The quantitative estimate of drug-likeness (QED) is 0.0454. The van der Waals surface area contributed by atoms with Crippen molar-refractivity contribution >= 4 is 65.7 Å². The summed E-state index contributed by atoms with van der Waals surface area (Å²) in [5.74, 6) is -6.70. The molecule has 1 saturated heterocycles. The number of nitrogens with one attached hydrogen (secondary N) is 4. The molecule has 20 nitrogen and oxygen atoms in total. The summed E-state index contributed by atoms with van der Waals surface area (Å²) in [6.45, 7) is 3.98. The predicted molar refractivity (Wildman–Crippen MR) is 231 cm³/mol. The largest absolute Gasteiger partial charge is 0.481 e. The first-order chi connectivity index (χ1) is 30.6. The number of carbonyl (C=O) groups is 6. The van der Waals surface area contributed by atoms with Crippen molar-refractivity contribution in [3.63, 3.8) is 0 Å². The van der Waals surface area contributed by atoms with Crippen LogP contribution in [0.15, 0.2) is 77.7 Å². The van der Waals surface area contributed by atoms with E-state index in [9.17, 15) is 43.2 Å². The molecule has 338 valence electrons. The number of nitrogens with zero attached hydrogens (tertiary/aromatic N) is 4. The number of rotatable bonds is 23. The van der Waals surface area contributed by atoms with Crippen molar-refractivity contribution in [3.8, 4) is 0 Å². The van der Waals surface area contributed by atoms with E-state index in [1.54, 1.807) is 25.1 Å². The van der Waals surface area contributed by atoms with Gasteiger partial charge in [0.15, 0.2) is 16.9 Å². The number of ketones is 2. The molecule has 21 heteroatoms. The van der Waals surface area contributed by atoms with E-state index in [4.69, 9.17) is 14.2 Å². The molecular weight excluding hydrogens is 851 g/mol. The van der Waals surface area contributed by atoms with Crippen molar-refractivity contribution in [3.05, 3.63) is 100 Å². The van der Waals surface area contributed by atoms with Crippen LogP contribution >= 0.6 is 7.60 Å². The van der Waals surface area contributed by atoms with Crippen LogP contribution in [0.25, 0.3) is 11.2 Å². The molecule has 0 spiro atoms. The summed E-state index contributed by atoms with van der Waals surface area (Å²) in [6, 6.07) is 12.5. The Morgan fingerprint density at radius 1 is 0.938 bits per heavy atom. The van der Waals surface area contributed by atoms with Crippen molar-refractivity contribution in [2.24, 2.45) is 11.8 Å². The van der Waals surface area contributed by atoms with Gasteiger partial charge in [-0.2, -0.15) is 4.98 Å². The van der Waals surface area contributed by atoms with Gasteiger partial charge in [-0.25, -0.2) is 14.8 Å². The van der Waals surface area contributed by atoms with Crippen LogP contribution in [0.4, 0.5) is 11.6 Å². The number of aliphatic carboxylic acids is 2. The molecule has 2 aromatic carbocycles. The number of carboxylic acid groups (broad SMARTS) is 2. The third-order valence-corrected chi connectivity index (χ3v) is 12.2. The van der Waals surface area contributed by atoms with Gasteiger partial charge in [-0.3, -0.25) is 48.5 Å². The summed E-state index contributed by atoms with van der Waals surface area (Å²) in [7, 11) is -3.15. The summed E-state index contributed by atoms with van der Waals surface area (Å²) >= 11 is 0. The second kappa shape index (κ2) is 21.3. The Labute approximate surface area is 366 Å². The van der Waals surface area contributed by atoms with Crippen LogP contribution in [0.1, 0.15) is 67.1 Å². The van der Waals surface area contributed by atoms with Gasteiger partial charge in [-0.15, -0.1) is 0 Å². The van der Waals surface area contributed by atoms with E-state index in [-0.39, 0.29) is 66.8 Å². The molecule has 4 heterocycles. The van der Waals surface area contributed by atoms with E-state index < -0.39 is 73.3 Å². The van der Waals surface area contributed by atoms with Crippen LogP contribution in [-0.2, 0) is 50.7 Å². The molecule has 6 rings (SSSR count). The monoisotopic (exact) mass is 900 g/mol. The van der Waals surface area contributed by atoms with Gasteiger partial charge in [0.2, 0.25) is 11.9 Å². The summed E-state index contributed by atoms with van der Waals surface area (Å²) in [6.07, 6.45) is 5.49. The first kappa shape index (κ1) is 47.0. The van der Waals surface area contributed by atoms with E-state index in [2.05, 4.69) is 35.9 Å². The van der Waals surface area contributed by atoms with E-state index in [1.165, 1.54) is 31.1 Å². The average molecular weight is 901 g/mol. The standard InChI is InChI=1S/C43H49N8O12P/c1-3-62-64(2,61)63-21-9-5-8-12-31(52)34-30-18-19-32(53)37(51(30)24-25-10-6-4-7-11-25)35(34)40(57)49-43-48-38-36(41(58)50-43)46-28(23-45-38)22-44-27-15-13-26(14-16-27)39(56)47-29(42(59)60)17-20-33(54)55/h4,6-7,10-11,13-16,18-19,23,29-30,34-35,37,44H,3,5,8-9,12,17,20-22,24H2,1-2H3,(H,47,56)(H,54,55)(H,59,60)(H2,45,48,49,50,57,58)/t29-,30+,34?,35?,37-,64?/m1/s1. The van der Waals surface area contributed by atoms with Crippen LogP contribution < -0.4 is 21.5 Å². The van der Waals surface area contributed by atoms with Crippen molar-refractivity contribution in [2.45, 2.75) is 76.7 Å². The Hall–Kier alpha value is -6.47. The molecule has 4 aromatic rings. The first-order valence-electron chi connectivity index (χ1n) is 20.7. The second-order valence-electron chi connectivity index (χ2n) is 15.4. The molecule has 64 heavy (non-hydrogen) atoms. The number of carboxylic acids is 2. The van der Waals surface area contributed by atoms with Gasteiger partial charge in [0.05, 0.1) is 49.5 Å². The maximum atomic E-state index is 14.3. The number of benzene rings is 2. The lowest BCUT2D eigenvalue weighted by Crippen LogP contribution is -2.46. The zero-order valence-electron chi connectivity index (χ0n) is 35.1. The topological polar surface area (TPSA) is 289 Å². The number of hydrogen-bond acceptors (Lipinski definition) is 15. The minimum Gasteiger partial charge on any atom is -0.481 e. The van der Waals surface area contributed by atoms with Crippen LogP contribution in [0.5, 0.6) is 0 Å². The molecule has 1 fully saturated rings. The van der Waals surface area contributed by atoms with E-state index >= 15 is 0 Å². The molecule has 3 unspecified atom stereocenters. The normalized spacial score (nSPS) is 19.4. The Morgan fingerprint density at radius 2 is 1.69 bits per heavy atom. The Bertz CT molecular complexity index is 2520. The highest BCUT2D eigenvalue weighted by Gasteiger charge is 2.57. The Kier molecular flexibility index (Phi) is 15.6. The summed E-state index contributed by atoms with van der Waals surface area (Å²) < 4.78 is 22.8. The predicted octanol–water partition coefficient (Wildman–Crippen LogP) is 3.94. The number of unbranched alkanes of at least 4 members (excludes halogenated alkanes) is 2. The fraction of sp³-hybridized carbons (Fsp3) is 0.395. The van der Waals surface area contributed by atoms with Gasteiger partial charge in [0.1, 0.15) is 11.8 Å². The average Bonchev–Trinajstić information content (AvgIpc) is 3.49. The van der Waals surface area contributed by atoms with E-state index in [0.29, 0.717) is 37.2 Å². The maximum absolute atomic E-state index is 14.3. The highest BCUT2D eigenvalue weighted by molar-refractivity contribution is 7.52. The molecule has 2 amide bonds. The highest BCUT2D eigenvalue weighted by atomic mass is 31.2. The number of aromatic nitrogens is 4. The number of hydrogen-bond donors (Lipinski definition) is 6. The number of aromatic amines is 1. The summed E-state index contributed by atoms with van der Waals surface area (Å²) in [4.78, 5) is 108. The van der Waals surface area contributed by atoms with Gasteiger partial charge in [0.25, 0.3) is 11.5 Å². The third kappa shape index (κ3) is 12.0. The Balaban J connectivity index is 1.12. The van der Waals surface area contributed by atoms with Crippen molar-refractivity contribution in [1.29, 1.82) is 0 Å².